The van der Waals surface area contributed by atoms with E-state index in [0.29, 0.717) is 11.3 Å². The highest BCUT2D eigenvalue weighted by atomic mass is 32.2. The van der Waals surface area contributed by atoms with Crippen LogP contribution in [0.5, 0.6) is 0 Å². The minimum Gasteiger partial charge on any atom is -0.326 e. The van der Waals surface area contributed by atoms with Gasteiger partial charge in [0.1, 0.15) is 0 Å². The Morgan fingerprint density at radius 2 is 1.79 bits per heavy atom. The summed E-state index contributed by atoms with van der Waals surface area (Å²) in [5.41, 5.74) is 5.87. The van der Waals surface area contributed by atoms with E-state index in [0.717, 1.165) is 0 Å². The minimum atomic E-state index is -3.14. The van der Waals surface area contributed by atoms with Crippen LogP contribution in [0.2, 0.25) is 0 Å². The van der Waals surface area contributed by atoms with E-state index in [1.54, 1.807) is 24.3 Å². The first-order chi connectivity index (χ1) is 11.2. The second-order valence-electron chi connectivity index (χ2n) is 5.69. The Hall–Kier alpha value is -2.42. The molecular formula is C15H19N3O5S. The third-order valence-electron chi connectivity index (χ3n) is 3.57. The zero-order chi connectivity index (χ0) is 17.7. The number of carbonyl (C=O) groups is 3. The molecule has 0 saturated carbocycles. The highest BCUT2D eigenvalue weighted by Crippen LogP contribution is 2.18. The number of anilines is 1. The number of hydrazine groups is 1. The minimum absolute atomic E-state index is 0.000317. The average Bonchev–Trinajstić information content (AvgIpc) is 2.86. The second kappa shape index (κ2) is 7.43. The number of benzene rings is 1. The van der Waals surface area contributed by atoms with Crippen LogP contribution in [0.15, 0.2) is 24.3 Å². The molecule has 1 aromatic rings. The van der Waals surface area contributed by atoms with E-state index < -0.39 is 27.6 Å². The van der Waals surface area contributed by atoms with Gasteiger partial charge in [-0.2, -0.15) is 0 Å². The molecule has 0 radical (unpaired) electrons. The van der Waals surface area contributed by atoms with Gasteiger partial charge in [-0.1, -0.05) is 12.1 Å². The van der Waals surface area contributed by atoms with Crippen molar-refractivity contribution in [2.75, 3.05) is 16.8 Å². The van der Waals surface area contributed by atoms with Crippen molar-refractivity contribution in [3.05, 3.63) is 29.8 Å². The smallest absolute Gasteiger partial charge is 0.242 e. The van der Waals surface area contributed by atoms with Crippen LogP contribution in [0.25, 0.3) is 0 Å². The van der Waals surface area contributed by atoms with Gasteiger partial charge < -0.3 is 5.32 Å². The van der Waals surface area contributed by atoms with Crippen molar-refractivity contribution >= 4 is 33.2 Å². The Kier molecular flexibility index (Phi) is 5.55. The molecule has 0 spiro atoms. The normalized spacial score (nSPS) is 18.6. The first-order valence-corrected chi connectivity index (χ1v) is 9.23. The molecule has 1 aliphatic heterocycles. The maximum Gasteiger partial charge on any atom is 0.242 e. The maximum atomic E-state index is 11.8. The Morgan fingerprint density at radius 1 is 1.12 bits per heavy atom. The predicted octanol–water partition coefficient (Wildman–Crippen LogP) is -0.230. The van der Waals surface area contributed by atoms with Crippen LogP contribution in [-0.2, 0) is 30.6 Å². The Balaban J connectivity index is 1.79. The van der Waals surface area contributed by atoms with Gasteiger partial charge in [0.2, 0.25) is 17.7 Å². The lowest BCUT2D eigenvalue weighted by molar-refractivity contribution is -0.130. The number of carbonyl (C=O) groups excluding carboxylic acids is 3. The molecule has 0 aromatic heterocycles. The fraction of sp³-hybridized carbons (Fsp3) is 0.400. The average molecular weight is 353 g/mol. The lowest BCUT2D eigenvalue weighted by Crippen LogP contribution is -2.45. The first-order valence-electron chi connectivity index (χ1n) is 7.41. The van der Waals surface area contributed by atoms with Crippen molar-refractivity contribution in [2.45, 2.75) is 19.8 Å². The summed E-state index contributed by atoms with van der Waals surface area (Å²) in [6, 6.07) is 6.73. The van der Waals surface area contributed by atoms with Crippen LogP contribution in [0, 0.1) is 5.92 Å². The predicted molar refractivity (Wildman–Crippen MR) is 87.5 cm³/mol. The molecule has 1 saturated heterocycles. The molecular weight excluding hydrogens is 334 g/mol. The number of sulfone groups is 1. The van der Waals surface area contributed by atoms with Gasteiger partial charge in [-0.25, -0.2) is 8.42 Å². The Morgan fingerprint density at radius 3 is 2.33 bits per heavy atom. The lowest BCUT2D eigenvalue weighted by atomic mass is 10.1. The maximum absolute atomic E-state index is 11.8. The van der Waals surface area contributed by atoms with E-state index in [9.17, 15) is 22.8 Å². The second-order valence-corrected chi connectivity index (χ2v) is 7.92. The highest BCUT2D eigenvalue weighted by Gasteiger charge is 2.33. The van der Waals surface area contributed by atoms with Crippen LogP contribution in [0.1, 0.15) is 18.9 Å². The molecule has 130 valence electrons. The van der Waals surface area contributed by atoms with E-state index in [-0.39, 0.29) is 30.3 Å². The molecule has 1 heterocycles. The third kappa shape index (κ3) is 5.34. The van der Waals surface area contributed by atoms with Gasteiger partial charge in [-0.3, -0.25) is 25.2 Å². The van der Waals surface area contributed by atoms with Gasteiger partial charge in [-0.05, 0) is 24.1 Å². The quantitative estimate of drug-likeness (QED) is 0.646. The monoisotopic (exact) mass is 353 g/mol. The molecule has 1 fully saturated rings. The van der Waals surface area contributed by atoms with Crippen LogP contribution >= 0.6 is 0 Å². The van der Waals surface area contributed by atoms with Crippen LogP contribution in [0.4, 0.5) is 5.69 Å². The van der Waals surface area contributed by atoms with E-state index in [1.807, 2.05) is 0 Å². The summed E-state index contributed by atoms with van der Waals surface area (Å²) in [5, 5.41) is 2.62. The molecule has 3 amide bonds. The summed E-state index contributed by atoms with van der Waals surface area (Å²) < 4.78 is 22.7. The number of nitrogens with one attached hydrogen (secondary N) is 3. The molecule has 24 heavy (non-hydrogen) atoms. The van der Waals surface area contributed by atoms with Crippen LogP contribution in [0.3, 0.4) is 0 Å². The topological polar surface area (TPSA) is 121 Å². The van der Waals surface area contributed by atoms with Crippen LogP contribution in [-0.4, -0.2) is 37.6 Å². The van der Waals surface area contributed by atoms with E-state index in [2.05, 4.69) is 16.2 Å². The first kappa shape index (κ1) is 17.9. The Labute approximate surface area is 139 Å². The largest absolute Gasteiger partial charge is 0.326 e. The van der Waals surface area contributed by atoms with Gasteiger partial charge in [0.25, 0.3) is 0 Å². The van der Waals surface area contributed by atoms with Gasteiger partial charge in [0.15, 0.2) is 9.84 Å². The van der Waals surface area contributed by atoms with Gasteiger partial charge in [0, 0.05) is 12.6 Å². The summed E-state index contributed by atoms with van der Waals surface area (Å²) in [6.45, 7) is 1.40. The fourth-order valence-electron chi connectivity index (χ4n) is 2.37. The van der Waals surface area contributed by atoms with Crippen molar-refractivity contribution in [3.63, 3.8) is 0 Å². The van der Waals surface area contributed by atoms with Gasteiger partial charge in [0.05, 0.1) is 23.8 Å². The van der Waals surface area contributed by atoms with E-state index >= 15 is 0 Å². The van der Waals surface area contributed by atoms with Gasteiger partial charge in [-0.15, -0.1) is 0 Å². The molecule has 1 aromatic carbocycles. The molecule has 0 unspecified atom stereocenters. The number of hydrogen-bond donors (Lipinski definition) is 3. The SMILES string of the molecule is CC(=O)Nc1ccc(CC(=O)NNC(=O)[C@H]2CCS(=O)(=O)C2)cc1. The Bertz CT molecular complexity index is 743. The molecule has 0 aliphatic carbocycles. The fourth-order valence-corrected chi connectivity index (χ4v) is 4.12. The third-order valence-corrected chi connectivity index (χ3v) is 5.34. The summed E-state index contributed by atoms with van der Waals surface area (Å²) in [5.74, 6) is -1.90. The summed E-state index contributed by atoms with van der Waals surface area (Å²) in [6.07, 6.45) is 0.318. The van der Waals surface area contributed by atoms with Crippen molar-refractivity contribution in [1.82, 2.24) is 10.9 Å². The summed E-state index contributed by atoms with van der Waals surface area (Å²) in [7, 11) is -3.14. The molecule has 8 nitrogen and oxygen atoms in total. The van der Waals surface area contributed by atoms with Crippen molar-refractivity contribution in [1.29, 1.82) is 0 Å². The summed E-state index contributed by atoms with van der Waals surface area (Å²) >= 11 is 0. The molecule has 1 atom stereocenters. The molecule has 1 aliphatic rings. The summed E-state index contributed by atoms with van der Waals surface area (Å²) in [4.78, 5) is 34.5. The van der Waals surface area contributed by atoms with E-state index in [1.165, 1.54) is 6.92 Å². The lowest BCUT2D eigenvalue weighted by Gasteiger charge is -2.11. The van der Waals surface area contributed by atoms with Crippen molar-refractivity contribution in [3.8, 4) is 0 Å². The molecule has 2 rings (SSSR count). The number of rotatable bonds is 4. The molecule has 9 heteroatoms. The number of hydrogen-bond acceptors (Lipinski definition) is 5. The zero-order valence-corrected chi connectivity index (χ0v) is 14.0. The number of amides is 3. The van der Waals surface area contributed by atoms with Gasteiger partial charge >= 0.3 is 0 Å². The van der Waals surface area contributed by atoms with E-state index in [4.69, 9.17) is 0 Å². The van der Waals surface area contributed by atoms with Crippen molar-refractivity contribution in [2.24, 2.45) is 5.92 Å². The molecule has 0 bridgehead atoms. The standard InChI is InChI=1S/C15H19N3O5S/c1-10(19)16-13-4-2-11(3-5-13)8-14(20)17-18-15(21)12-6-7-24(22,23)9-12/h2-5,12H,6-9H2,1H3,(H,16,19)(H,17,20)(H,18,21)/t12-/m0/s1. The molecule has 3 N–H and O–H groups in total. The van der Waals surface area contributed by atoms with Crippen molar-refractivity contribution < 1.29 is 22.8 Å². The zero-order valence-electron chi connectivity index (χ0n) is 13.2. The highest BCUT2D eigenvalue weighted by molar-refractivity contribution is 7.91. The van der Waals surface area contributed by atoms with Crippen LogP contribution < -0.4 is 16.2 Å².